The summed E-state index contributed by atoms with van der Waals surface area (Å²) in [6.07, 6.45) is 3.61. The second kappa shape index (κ2) is 7.32. The van der Waals surface area contributed by atoms with E-state index < -0.39 is 0 Å². The van der Waals surface area contributed by atoms with Crippen molar-refractivity contribution in [1.29, 1.82) is 0 Å². The van der Waals surface area contributed by atoms with Gasteiger partial charge in [0, 0.05) is 37.3 Å². The fourth-order valence-electron chi connectivity index (χ4n) is 4.33. The predicted molar refractivity (Wildman–Crippen MR) is 99.3 cm³/mol. The first-order valence-electron chi connectivity index (χ1n) is 9.59. The summed E-state index contributed by atoms with van der Waals surface area (Å²) in [6, 6.07) is 8.84. The number of nitrogens with zero attached hydrogens (tertiary/aromatic N) is 1. The Morgan fingerprint density at radius 3 is 2.96 bits per heavy atom. The molecule has 1 amide bonds. The molecule has 136 valence electrons. The van der Waals surface area contributed by atoms with E-state index in [4.69, 9.17) is 0 Å². The van der Waals surface area contributed by atoms with Crippen LogP contribution in [0, 0.1) is 5.92 Å². The number of piperidine rings is 1. The van der Waals surface area contributed by atoms with Gasteiger partial charge in [0.25, 0.3) is 0 Å². The van der Waals surface area contributed by atoms with Crippen molar-refractivity contribution in [3.8, 4) is 0 Å². The van der Waals surface area contributed by atoms with E-state index in [1.165, 1.54) is 24.1 Å². The number of nitrogens with one attached hydrogen (secondary N) is 4. The summed E-state index contributed by atoms with van der Waals surface area (Å²) in [6.45, 7) is 6.25. The van der Waals surface area contributed by atoms with E-state index in [1.54, 1.807) is 0 Å². The van der Waals surface area contributed by atoms with Gasteiger partial charge < -0.3 is 15.5 Å². The zero-order valence-electron chi connectivity index (χ0n) is 14.9. The highest BCUT2D eigenvalue weighted by Crippen LogP contribution is 2.25. The molecular weight excluding hydrogens is 314 g/mol. The number of benzene rings is 1. The molecule has 3 heterocycles. The van der Waals surface area contributed by atoms with E-state index in [2.05, 4.69) is 57.6 Å². The van der Waals surface area contributed by atoms with Gasteiger partial charge in [-0.3, -0.25) is 10.2 Å². The Balaban J connectivity index is 1.40. The largest absolute Gasteiger partial charge is 0.372 e. The normalized spacial score (nSPS) is 30.1. The van der Waals surface area contributed by atoms with Gasteiger partial charge >= 0.3 is 0 Å². The van der Waals surface area contributed by atoms with Crippen molar-refractivity contribution in [1.82, 2.24) is 21.5 Å². The van der Waals surface area contributed by atoms with Crippen LogP contribution in [0.5, 0.6) is 0 Å². The molecule has 6 heteroatoms. The SMILES string of the molecule is CC(NC(=O)C1NNC2CCNCC21)c1cccc(N2CCCC2)c1. The van der Waals surface area contributed by atoms with Crippen LogP contribution in [-0.2, 0) is 4.79 Å². The second-order valence-corrected chi connectivity index (χ2v) is 7.55. The Bertz CT molecular complexity index is 616. The van der Waals surface area contributed by atoms with E-state index >= 15 is 0 Å². The Labute approximate surface area is 149 Å². The molecule has 3 aliphatic rings. The summed E-state index contributed by atoms with van der Waals surface area (Å²) in [7, 11) is 0. The zero-order chi connectivity index (χ0) is 17.2. The molecular formula is C19H29N5O. The van der Waals surface area contributed by atoms with Gasteiger partial charge in [-0.1, -0.05) is 12.1 Å². The van der Waals surface area contributed by atoms with E-state index in [0.717, 1.165) is 32.6 Å². The number of hydrogen-bond acceptors (Lipinski definition) is 5. The zero-order valence-corrected chi connectivity index (χ0v) is 14.9. The van der Waals surface area contributed by atoms with Crippen LogP contribution in [0.25, 0.3) is 0 Å². The summed E-state index contributed by atoms with van der Waals surface area (Å²) in [5.41, 5.74) is 8.93. The average molecular weight is 343 g/mol. The molecule has 25 heavy (non-hydrogen) atoms. The maximum Gasteiger partial charge on any atom is 0.239 e. The lowest BCUT2D eigenvalue weighted by atomic mass is 9.89. The molecule has 4 N–H and O–H groups in total. The van der Waals surface area contributed by atoms with E-state index in [0.29, 0.717) is 12.0 Å². The molecule has 3 aliphatic heterocycles. The molecule has 6 nitrogen and oxygen atoms in total. The maximum absolute atomic E-state index is 12.8. The molecule has 4 unspecified atom stereocenters. The second-order valence-electron chi connectivity index (χ2n) is 7.55. The standard InChI is InChI=1S/C19H29N5O/c1-13(14-5-4-6-15(11-14)24-9-2-3-10-24)21-19(25)18-16-12-20-8-7-17(16)22-23-18/h4-6,11,13,16-18,20,22-23H,2-3,7-10,12H2,1H3,(H,21,25). The molecule has 0 saturated carbocycles. The minimum absolute atomic E-state index is 0.00690. The lowest BCUT2D eigenvalue weighted by Gasteiger charge is -2.28. The molecule has 0 bridgehead atoms. The van der Waals surface area contributed by atoms with Crippen LogP contribution in [-0.4, -0.2) is 44.2 Å². The van der Waals surface area contributed by atoms with Crippen molar-refractivity contribution in [2.45, 2.75) is 44.3 Å². The number of hydrazine groups is 1. The molecule has 4 rings (SSSR count). The molecule has 0 spiro atoms. The third-order valence-corrected chi connectivity index (χ3v) is 5.86. The first kappa shape index (κ1) is 16.8. The Morgan fingerprint density at radius 1 is 1.28 bits per heavy atom. The Morgan fingerprint density at radius 2 is 2.12 bits per heavy atom. The van der Waals surface area contributed by atoms with Crippen molar-refractivity contribution in [3.05, 3.63) is 29.8 Å². The molecule has 1 aromatic rings. The number of anilines is 1. The number of rotatable bonds is 4. The van der Waals surface area contributed by atoms with Crippen molar-refractivity contribution in [2.24, 2.45) is 5.92 Å². The monoisotopic (exact) mass is 343 g/mol. The predicted octanol–water partition coefficient (Wildman–Crippen LogP) is 0.919. The van der Waals surface area contributed by atoms with Crippen molar-refractivity contribution >= 4 is 11.6 Å². The first-order valence-corrected chi connectivity index (χ1v) is 9.59. The Kier molecular flexibility index (Phi) is 4.92. The van der Waals surface area contributed by atoms with Gasteiger partial charge in [-0.15, -0.1) is 0 Å². The van der Waals surface area contributed by atoms with Crippen LogP contribution in [0.2, 0.25) is 0 Å². The fraction of sp³-hybridized carbons (Fsp3) is 0.632. The van der Waals surface area contributed by atoms with Crippen LogP contribution in [0.3, 0.4) is 0 Å². The first-order chi connectivity index (χ1) is 12.2. The van der Waals surface area contributed by atoms with Gasteiger partial charge in [0.05, 0.1) is 6.04 Å². The summed E-state index contributed by atoms with van der Waals surface area (Å²) in [5, 5.41) is 6.60. The van der Waals surface area contributed by atoms with Crippen LogP contribution < -0.4 is 26.4 Å². The van der Waals surface area contributed by atoms with Gasteiger partial charge in [-0.25, -0.2) is 5.43 Å². The van der Waals surface area contributed by atoms with Gasteiger partial charge in [-0.2, -0.15) is 0 Å². The quantitative estimate of drug-likeness (QED) is 0.655. The van der Waals surface area contributed by atoms with Crippen LogP contribution in [0.4, 0.5) is 5.69 Å². The summed E-state index contributed by atoms with van der Waals surface area (Å²) < 4.78 is 0. The van der Waals surface area contributed by atoms with Crippen LogP contribution in [0.15, 0.2) is 24.3 Å². The third kappa shape index (κ3) is 3.52. The summed E-state index contributed by atoms with van der Waals surface area (Å²) >= 11 is 0. The minimum Gasteiger partial charge on any atom is -0.372 e. The lowest BCUT2D eigenvalue weighted by Crippen LogP contribution is -2.49. The van der Waals surface area contributed by atoms with E-state index in [-0.39, 0.29) is 18.0 Å². The van der Waals surface area contributed by atoms with Crippen molar-refractivity contribution in [3.63, 3.8) is 0 Å². The highest BCUT2D eigenvalue weighted by Gasteiger charge is 2.41. The molecule has 4 atom stereocenters. The smallest absolute Gasteiger partial charge is 0.239 e. The topological polar surface area (TPSA) is 68.4 Å². The Hall–Kier alpha value is -1.63. The lowest BCUT2D eigenvalue weighted by molar-refractivity contribution is -0.124. The van der Waals surface area contributed by atoms with Gasteiger partial charge in [0.1, 0.15) is 6.04 Å². The van der Waals surface area contributed by atoms with Crippen LogP contribution in [0.1, 0.15) is 37.8 Å². The average Bonchev–Trinajstić information content (AvgIpc) is 3.31. The molecule has 0 aliphatic carbocycles. The molecule has 3 saturated heterocycles. The molecule has 0 aromatic heterocycles. The highest BCUT2D eigenvalue weighted by molar-refractivity contribution is 5.83. The number of carbonyl (C=O) groups is 1. The number of fused-ring (bicyclic) bond motifs is 1. The maximum atomic E-state index is 12.8. The highest BCUT2D eigenvalue weighted by atomic mass is 16.2. The molecule has 1 aromatic carbocycles. The number of hydrogen-bond donors (Lipinski definition) is 4. The van der Waals surface area contributed by atoms with Crippen LogP contribution >= 0.6 is 0 Å². The molecule has 3 fully saturated rings. The van der Waals surface area contributed by atoms with Crippen molar-refractivity contribution in [2.75, 3.05) is 31.1 Å². The minimum atomic E-state index is -0.165. The van der Waals surface area contributed by atoms with Gasteiger partial charge in [0.2, 0.25) is 5.91 Å². The van der Waals surface area contributed by atoms with E-state index in [9.17, 15) is 4.79 Å². The molecule has 0 radical (unpaired) electrons. The number of carbonyl (C=O) groups excluding carboxylic acids is 1. The fourth-order valence-corrected chi connectivity index (χ4v) is 4.33. The van der Waals surface area contributed by atoms with E-state index in [1.807, 2.05) is 0 Å². The summed E-state index contributed by atoms with van der Waals surface area (Å²) in [5.74, 6) is 0.402. The third-order valence-electron chi connectivity index (χ3n) is 5.86. The van der Waals surface area contributed by atoms with Gasteiger partial charge in [0.15, 0.2) is 0 Å². The number of amides is 1. The van der Waals surface area contributed by atoms with Crippen molar-refractivity contribution < 1.29 is 4.79 Å². The summed E-state index contributed by atoms with van der Waals surface area (Å²) in [4.78, 5) is 15.2. The van der Waals surface area contributed by atoms with Gasteiger partial charge in [-0.05, 0) is 50.4 Å².